The van der Waals surface area contributed by atoms with Crippen LogP contribution in [0.15, 0.2) is 66.0 Å². The minimum Gasteiger partial charge on any atom is -0.479 e. The molecule has 3 amide bonds. The van der Waals surface area contributed by atoms with Gasteiger partial charge in [-0.25, -0.2) is 29.0 Å². The number of amides is 3. The summed E-state index contributed by atoms with van der Waals surface area (Å²) in [6.45, 7) is 9.17. The van der Waals surface area contributed by atoms with Crippen molar-refractivity contribution in [2.45, 2.75) is 70.9 Å². The van der Waals surface area contributed by atoms with Gasteiger partial charge in [0.25, 0.3) is 0 Å². The van der Waals surface area contributed by atoms with Crippen LogP contribution in [0.1, 0.15) is 70.5 Å². The highest BCUT2D eigenvalue weighted by Gasteiger charge is 2.32. The summed E-state index contributed by atoms with van der Waals surface area (Å²) < 4.78 is 21.4. The van der Waals surface area contributed by atoms with Gasteiger partial charge in [-0.2, -0.15) is 0 Å². The molecule has 0 saturated heterocycles. The molecule has 3 aromatic rings. The van der Waals surface area contributed by atoms with Gasteiger partial charge in [0, 0.05) is 5.38 Å². The number of ether oxygens (including phenoxy) is 4. The number of thiazole rings is 1. The molecule has 0 fully saturated rings. The number of carboxylic acid groups (broad SMARTS) is 1. The molecule has 0 aliphatic rings. The molecule has 0 spiro atoms. The van der Waals surface area contributed by atoms with Crippen LogP contribution in [0, 0.1) is 0 Å². The number of rotatable bonds is 11. The normalized spacial score (nSPS) is 12.7. The fourth-order valence-electron chi connectivity index (χ4n) is 3.85. The summed E-state index contributed by atoms with van der Waals surface area (Å²) in [6, 6.07) is 14.6. The molecule has 0 aliphatic carbocycles. The summed E-state index contributed by atoms with van der Waals surface area (Å²) in [4.78, 5) is 67.0. The Hall–Kier alpha value is -5.18. The van der Waals surface area contributed by atoms with Gasteiger partial charge in [0.05, 0.1) is 5.69 Å². The van der Waals surface area contributed by atoms with E-state index in [4.69, 9.17) is 18.9 Å². The van der Waals surface area contributed by atoms with Crippen molar-refractivity contribution in [1.82, 2.24) is 15.6 Å². The standard InChI is InChI=1S/C32H38N4O10S/c1-31(2,3)45-29(41)34-21(26(39)44-24(19-13-9-7-10-14-19)20-15-11-8-12-16-20)17-43-28(40)35-23(25(37)38)22-18-47-27(33-22)36-30(42)46-32(4,5)6/h7-16,18,21,23-24H,17H2,1-6H3,(H,34,41)(H,35,40)(H,37,38)(H,33,36,42)/t21-,23?/m1/s1. The van der Waals surface area contributed by atoms with Gasteiger partial charge in [-0.05, 0) is 52.7 Å². The van der Waals surface area contributed by atoms with Crippen LogP contribution in [-0.2, 0) is 28.5 Å². The van der Waals surface area contributed by atoms with Gasteiger partial charge in [-0.15, -0.1) is 11.3 Å². The number of alkyl carbamates (subject to hydrolysis) is 2. The first-order valence-corrected chi connectivity index (χ1v) is 15.3. The minimum atomic E-state index is -1.68. The molecule has 252 valence electrons. The number of esters is 1. The summed E-state index contributed by atoms with van der Waals surface area (Å²) in [5, 5.41) is 18.0. The lowest BCUT2D eigenvalue weighted by molar-refractivity contribution is -0.151. The average molecular weight is 671 g/mol. The molecule has 2 aromatic carbocycles. The van der Waals surface area contributed by atoms with Crippen LogP contribution in [0.4, 0.5) is 19.5 Å². The molecule has 47 heavy (non-hydrogen) atoms. The first-order chi connectivity index (χ1) is 22.0. The molecule has 0 aliphatic heterocycles. The second kappa shape index (κ2) is 15.9. The maximum atomic E-state index is 13.5. The quantitative estimate of drug-likeness (QED) is 0.147. The topological polar surface area (TPSA) is 191 Å². The van der Waals surface area contributed by atoms with Gasteiger partial charge in [0.2, 0.25) is 0 Å². The Kier molecular flexibility index (Phi) is 12.3. The smallest absolute Gasteiger partial charge is 0.413 e. The summed E-state index contributed by atoms with van der Waals surface area (Å²) in [5.41, 5.74) is -0.495. The third-order valence-electron chi connectivity index (χ3n) is 5.73. The van der Waals surface area contributed by atoms with Gasteiger partial charge in [-0.3, -0.25) is 5.32 Å². The second-order valence-corrected chi connectivity index (χ2v) is 12.9. The van der Waals surface area contributed by atoms with E-state index in [-0.39, 0.29) is 10.8 Å². The fourth-order valence-corrected chi connectivity index (χ4v) is 4.57. The van der Waals surface area contributed by atoms with E-state index in [0.717, 1.165) is 11.3 Å². The fraction of sp³-hybridized carbons (Fsp3) is 0.375. The van der Waals surface area contributed by atoms with Gasteiger partial charge in [-0.1, -0.05) is 60.7 Å². The molecule has 0 radical (unpaired) electrons. The predicted molar refractivity (Wildman–Crippen MR) is 171 cm³/mol. The molecular weight excluding hydrogens is 632 g/mol. The molecule has 4 N–H and O–H groups in total. The molecule has 0 saturated carbocycles. The van der Waals surface area contributed by atoms with Crippen molar-refractivity contribution < 1.29 is 48.0 Å². The first-order valence-electron chi connectivity index (χ1n) is 14.4. The Morgan fingerprint density at radius 3 is 1.83 bits per heavy atom. The average Bonchev–Trinajstić information content (AvgIpc) is 3.43. The molecule has 0 bridgehead atoms. The third kappa shape index (κ3) is 12.3. The highest BCUT2D eigenvalue weighted by atomic mass is 32.1. The predicted octanol–water partition coefficient (Wildman–Crippen LogP) is 5.57. The molecule has 1 heterocycles. The van der Waals surface area contributed by atoms with E-state index in [1.165, 1.54) is 5.38 Å². The van der Waals surface area contributed by atoms with Crippen molar-refractivity contribution in [2.75, 3.05) is 11.9 Å². The Balaban J connectivity index is 1.74. The van der Waals surface area contributed by atoms with Crippen LogP contribution in [0.2, 0.25) is 0 Å². The molecule has 2 atom stereocenters. The van der Waals surface area contributed by atoms with E-state index in [0.29, 0.717) is 11.1 Å². The highest BCUT2D eigenvalue weighted by molar-refractivity contribution is 7.13. The summed E-state index contributed by atoms with van der Waals surface area (Å²) >= 11 is 0.911. The molecule has 15 heteroatoms. The van der Waals surface area contributed by atoms with Gasteiger partial charge in [0.15, 0.2) is 23.3 Å². The van der Waals surface area contributed by atoms with Crippen LogP contribution in [0.3, 0.4) is 0 Å². The Labute approximate surface area is 275 Å². The zero-order chi connectivity index (χ0) is 34.8. The summed E-state index contributed by atoms with van der Waals surface area (Å²) in [7, 11) is 0. The van der Waals surface area contributed by atoms with Gasteiger partial charge in [0.1, 0.15) is 17.8 Å². The van der Waals surface area contributed by atoms with Crippen molar-refractivity contribution >= 4 is 46.7 Å². The molecular formula is C32H38N4O10S. The SMILES string of the molecule is CC(C)(C)OC(=O)Nc1nc(C(NC(=O)OC[C@@H](NC(=O)OC(C)(C)C)C(=O)OC(c2ccccc2)c2ccccc2)C(=O)O)cs1. The van der Waals surface area contributed by atoms with Gasteiger partial charge >= 0.3 is 30.2 Å². The maximum absolute atomic E-state index is 13.5. The van der Waals surface area contributed by atoms with Crippen molar-refractivity contribution in [1.29, 1.82) is 0 Å². The summed E-state index contributed by atoms with van der Waals surface area (Å²) in [6.07, 6.45) is -3.88. The van der Waals surface area contributed by atoms with Crippen LogP contribution in [0.5, 0.6) is 0 Å². The lowest BCUT2D eigenvalue weighted by Gasteiger charge is -2.25. The van der Waals surface area contributed by atoms with Gasteiger partial charge < -0.3 is 34.7 Å². The number of carbonyl (C=O) groups excluding carboxylic acids is 4. The van der Waals surface area contributed by atoms with E-state index in [9.17, 15) is 29.1 Å². The van der Waals surface area contributed by atoms with Crippen LogP contribution in [0.25, 0.3) is 0 Å². The summed E-state index contributed by atoms with van der Waals surface area (Å²) in [5.74, 6) is -2.43. The van der Waals surface area contributed by atoms with Crippen LogP contribution >= 0.6 is 11.3 Å². The third-order valence-corrected chi connectivity index (χ3v) is 6.51. The van der Waals surface area contributed by atoms with Crippen molar-refractivity contribution in [3.8, 4) is 0 Å². The number of hydrogen-bond acceptors (Lipinski definition) is 11. The van der Waals surface area contributed by atoms with E-state index in [2.05, 4.69) is 20.9 Å². The Morgan fingerprint density at radius 2 is 1.32 bits per heavy atom. The first kappa shape index (κ1) is 36.3. The number of anilines is 1. The van der Waals surface area contributed by atoms with E-state index < -0.39 is 66.2 Å². The van der Waals surface area contributed by atoms with E-state index in [1.807, 2.05) is 0 Å². The number of nitrogens with zero attached hydrogens (tertiary/aromatic N) is 1. The number of aromatic nitrogens is 1. The monoisotopic (exact) mass is 670 g/mol. The van der Waals surface area contributed by atoms with Crippen LogP contribution in [-0.4, -0.2) is 64.2 Å². The van der Waals surface area contributed by atoms with E-state index in [1.54, 1.807) is 102 Å². The number of aliphatic carboxylic acids is 1. The van der Waals surface area contributed by atoms with Crippen LogP contribution < -0.4 is 16.0 Å². The lowest BCUT2D eigenvalue weighted by Crippen LogP contribution is -2.48. The van der Waals surface area contributed by atoms with Crippen molar-refractivity contribution in [3.05, 3.63) is 82.9 Å². The van der Waals surface area contributed by atoms with Crippen molar-refractivity contribution in [3.63, 3.8) is 0 Å². The number of carbonyl (C=O) groups is 5. The number of carboxylic acids is 1. The van der Waals surface area contributed by atoms with E-state index >= 15 is 0 Å². The maximum Gasteiger partial charge on any atom is 0.413 e. The minimum absolute atomic E-state index is 0.0337. The number of nitrogens with one attached hydrogen (secondary N) is 3. The largest absolute Gasteiger partial charge is 0.479 e. The Bertz CT molecular complexity index is 1490. The molecule has 1 aromatic heterocycles. The number of benzene rings is 2. The molecule has 14 nitrogen and oxygen atoms in total. The van der Waals surface area contributed by atoms with Crippen molar-refractivity contribution in [2.24, 2.45) is 0 Å². The number of hydrogen-bond donors (Lipinski definition) is 4. The highest BCUT2D eigenvalue weighted by Crippen LogP contribution is 2.27. The zero-order valence-corrected chi connectivity index (χ0v) is 27.6. The Morgan fingerprint density at radius 1 is 0.787 bits per heavy atom. The zero-order valence-electron chi connectivity index (χ0n) is 26.8. The molecule has 3 rings (SSSR count). The second-order valence-electron chi connectivity index (χ2n) is 12.1. The molecule has 1 unspecified atom stereocenters. The lowest BCUT2D eigenvalue weighted by atomic mass is 10.0.